The lowest BCUT2D eigenvalue weighted by molar-refractivity contribution is -0.118. The number of piperidine rings is 1. The molecule has 1 aliphatic carbocycles. The lowest BCUT2D eigenvalue weighted by Gasteiger charge is -2.51. The number of nitrogens with zero attached hydrogens (tertiary/aromatic N) is 1. The van der Waals surface area contributed by atoms with Crippen LogP contribution in [0.5, 0.6) is 0 Å². The Morgan fingerprint density at radius 2 is 1.90 bits per heavy atom. The molecule has 1 saturated heterocycles. The number of benzene rings is 1. The molecule has 2 heterocycles. The second kappa shape index (κ2) is 4.68. The highest BCUT2D eigenvalue weighted by Crippen LogP contribution is 2.46. The summed E-state index contributed by atoms with van der Waals surface area (Å²) in [5.74, 6) is -1.26. The Bertz CT molecular complexity index is 604. The number of anilines is 2. The van der Waals surface area contributed by atoms with Gasteiger partial charge in [-0.15, -0.1) is 0 Å². The number of nitrogens with one attached hydrogen (secondary N) is 1. The first-order chi connectivity index (χ1) is 10.2. The van der Waals surface area contributed by atoms with Crippen LogP contribution in [0.4, 0.5) is 20.2 Å². The molecule has 0 radical (unpaired) electrons. The van der Waals surface area contributed by atoms with Crippen LogP contribution in [0.3, 0.4) is 0 Å². The van der Waals surface area contributed by atoms with Crippen molar-refractivity contribution in [3.8, 4) is 0 Å². The Hall–Kier alpha value is -1.65. The first kappa shape index (κ1) is 13.0. The van der Waals surface area contributed by atoms with E-state index in [1.807, 2.05) is 4.90 Å². The molecule has 1 aromatic carbocycles. The molecule has 21 heavy (non-hydrogen) atoms. The zero-order valence-corrected chi connectivity index (χ0v) is 11.7. The predicted octanol–water partition coefficient (Wildman–Crippen LogP) is 3.44. The summed E-state index contributed by atoms with van der Waals surface area (Å²) in [6.45, 7) is 0. The number of carbonyl (C=O) groups is 1. The van der Waals surface area contributed by atoms with Crippen LogP contribution in [0.2, 0.25) is 0 Å². The summed E-state index contributed by atoms with van der Waals surface area (Å²) in [6.07, 6.45) is 6.11. The number of rotatable bonds is 0. The molecule has 0 spiro atoms. The van der Waals surface area contributed by atoms with E-state index in [-0.39, 0.29) is 23.7 Å². The van der Waals surface area contributed by atoms with Crippen molar-refractivity contribution in [1.82, 2.24) is 0 Å². The minimum absolute atomic E-state index is 0.0856. The molecule has 3 unspecified atom stereocenters. The number of hydrogen-bond donors (Lipinski definition) is 1. The fourth-order valence-corrected chi connectivity index (χ4v) is 4.32. The van der Waals surface area contributed by atoms with Gasteiger partial charge in [-0.3, -0.25) is 4.79 Å². The third kappa shape index (κ3) is 1.86. The maximum Gasteiger partial charge on any atom is 0.247 e. The summed E-state index contributed by atoms with van der Waals surface area (Å²) >= 11 is 0. The highest BCUT2D eigenvalue weighted by atomic mass is 19.2. The van der Waals surface area contributed by atoms with Gasteiger partial charge in [0, 0.05) is 6.04 Å². The number of fused-ring (bicyclic) bond motifs is 5. The standard InChI is InChI=1S/C16H18F2N2O/c17-10-6-7-11-15(14(10)18)20-12-4-2-1-3-9(12)5-8-13(20)16(21)19-11/h6-7,9,12-13H,1-5,8H2,(H,19,21). The average molecular weight is 292 g/mol. The molecule has 1 N–H and O–H groups in total. The molecule has 5 heteroatoms. The molecule has 2 aliphatic heterocycles. The fraction of sp³-hybridized carbons (Fsp3) is 0.562. The first-order valence-corrected chi connectivity index (χ1v) is 7.74. The van der Waals surface area contributed by atoms with Crippen LogP contribution in [-0.4, -0.2) is 18.0 Å². The van der Waals surface area contributed by atoms with Gasteiger partial charge in [0.15, 0.2) is 11.6 Å². The summed E-state index contributed by atoms with van der Waals surface area (Å²) in [4.78, 5) is 14.2. The Balaban J connectivity index is 1.85. The molecule has 1 saturated carbocycles. The second-order valence-corrected chi connectivity index (χ2v) is 6.36. The number of halogens is 2. The number of hydrogen-bond acceptors (Lipinski definition) is 2. The third-order valence-electron chi connectivity index (χ3n) is 5.26. The Morgan fingerprint density at radius 3 is 2.76 bits per heavy atom. The molecular formula is C16H18F2N2O. The van der Waals surface area contributed by atoms with E-state index in [4.69, 9.17) is 0 Å². The molecule has 112 valence electrons. The molecule has 1 aromatic rings. The fourth-order valence-electron chi connectivity index (χ4n) is 4.32. The van der Waals surface area contributed by atoms with Crippen LogP contribution < -0.4 is 10.2 Å². The molecule has 2 fully saturated rings. The van der Waals surface area contributed by atoms with E-state index in [1.165, 1.54) is 12.5 Å². The van der Waals surface area contributed by atoms with E-state index in [0.717, 1.165) is 38.2 Å². The Morgan fingerprint density at radius 1 is 1.10 bits per heavy atom. The van der Waals surface area contributed by atoms with Crippen LogP contribution in [0, 0.1) is 17.6 Å². The lowest BCUT2D eigenvalue weighted by atomic mass is 9.75. The van der Waals surface area contributed by atoms with Crippen molar-refractivity contribution in [3.05, 3.63) is 23.8 Å². The van der Waals surface area contributed by atoms with Crippen LogP contribution >= 0.6 is 0 Å². The molecule has 1 amide bonds. The maximum absolute atomic E-state index is 14.4. The smallest absolute Gasteiger partial charge is 0.247 e. The number of carbonyl (C=O) groups excluding carboxylic acids is 1. The van der Waals surface area contributed by atoms with Gasteiger partial charge in [0.05, 0.1) is 5.69 Å². The van der Waals surface area contributed by atoms with Gasteiger partial charge in [0.1, 0.15) is 11.7 Å². The molecule has 3 aliphatic rings. The highest BCUT2D eigenvalue weighted by molar-refractivity contribution is 6.04. The first-order valence-electron chi connectivity index (χ1n) is 7.74. The lowest BCUT2D eigenvalue weighted by Crippen LogP contribution is -2.59. The van der Waals surface area contributed by atoms with Gasteiger partial charge in [-0.2, -0.15) is 0 Å². The molecule has 0 bridgehead atoms. The summed E-state index contributed by atoms with van der Waals surface area (Å²) < 4.78 is 28.0. The minimum atomic E-state index is -0.846. The predicted molar refractivity (Wildman–Crippen MR) is 76.2 cm³/mol. The van der Waals surface area contributed by atoms with Crippen LogP contribution in [-0.2, 0) is 4.79 Å². The van der Waals surface area contributed by atoms with Gasteiger partial charge in [-0.05, 0) is 43.7 Å². The summed E-state index contributed by atoms with van der Waals surface area (Å²) in [7, 11) is 0. The van der Waals surface area contributed by atoms with Gasteiger partial charge in [-0.1, -0.05) is 12.8 Å². The van der Waals surface area contributed by atoms with Crippen molar-refractivity contribution >= 4 is 17.3 Å². The van der Waals surface area contributed by atoms with Gasteiger partial charge in [-0.25, -0.2) is 8.78 Å². The van der Waals surface area contributed by atoms with Gasteiger partial charge in [0.25, 0.3) is 0 Å². The van der Waals surface area contributed by atoms with Crippen molar-refractivity contribution in [2.24, 2.45) is 5.92 Å². The Labute approximate surface area is 122 Å². The van der Waals surface area contributed by atoms with Crippen molar-refractivity contribution < 1.29 is 13.6 Å². The van der Waals surface area contributed by atoms with Crippen LogP contribution in [0.1, 0.15) is 38.5 Å². The number of amides is 1. The zero-order chi connectivity index (χ0) is 14.6. The average Bonchev–Trinajstić information content (AvgIpc) is 2.50. The van der Waals surface area contributed by atoms with Crippen LogP contribution in [0.25, 0.3) is 0 Å². The normalized spacial score (nSPS) is 31.0. The van der Waals surface area contributed by atoms with Gasteiger partial charge >= 0.3 is 0 Å². The molecule has 0 aromatic heterocycles. The van der Waals surface area contributed by atoms with E-state index >= 15 is 0 Å². The molecular weight excluding hydrogens is 274 g/mol. The van der Waals surface area contributed by atoms with E-state index in [1.54, 1.807) is 0 Å². The van der Waals surface area contributed by atoms with Crippen LogP contribution in [0.15, 0.2) is 12.1 Å². The third-order valence-corrected chi connectivity index (χ3v) is 5.26. The second-order valence-electron chi connectivity index (χ2n) is 6.36. The van der Waals surface area contributed by atoms with Crippen molar-refractivity contribution in [2.75, 3.05) is 10.2 Å². The SMILES string of the molecule is O=C1Nc2ccc(F)c(F)c2N2C1CCC1CCCCC12. The van der Waals surface area contributed by atoms with E-state index in [0.29, 0.717) is 11.6 Å². The molecule has 4 rings (SSSR count). The highest BCUT2D eigenvalue weighted by Gasteiger charge is 2.45. The maximum atomic E-state index is 14.4. The van der Waals surface area contributed by atoms with Gasteiger partial charge < -0.3 is 10.2 Å². The van der Waals surface area contributed by atoms with E-state index in [2.05, 4.69) is 5.32 Å². The van der Waals surface area contributed by atoms with Crippen molar-refractivity contribution in [3.63, 3.8) is 0 Å². The summed E-state index contributed by atoms with van der Waals surface area (Å²) in [6, 6.07) is 2.36. The summed E-state index contributed by atoms with van der Waals surface area (Å²) in [5, 5.41) is 2.74. The Kier molecular flexibility index (Phi) is 2.91. The monoisotopic (exact) mass is 292 g/mol. The molecule has 3 nitrogen and oxygen atoms in total. The zero-order valence-electron chi connectivity index (χ0n) is 11.7. The van der Waals surface area contributed by atoms with Gasteiger partial charge in [0.2, 0.25) is 5.91 Å². The quantitative estimate of drug-likeness (QED) is 0.794. The largest absolute Gasteiger partial charge is 0.352 e. The van der Waals surface area contributed by atoms with Crippen molar-refractivity contribution in [1.29, 1.82) is 0 Å². The topological polar surface area (TPSA) is 32.3 Å². The molecule has 3 atom stereocenters. The summed E-state index contributed by atoms with van der Waals surface area (Å²) in [5.41, 5.74) is 0.664. The van der Waals surface area contributed by atoms with E-state index < -0.39 is 11.6 Å². The van der Waals surface area contributed by atoms with Crippen molar-refractivity contribution in [2.45, 2.75) is 50.6 Å². The minimum Gasteiger partial charge on any atom is -0.352 e. The van der Waals surface area contributed by atoms with E-state index in [9.17, 15) is 13.6 Å².